The Morgan fingerprint density at radius 1 is 1.50 bits per heavy atom. The Kier molecular flexibility index (Phi) is 2.54. The maximum Gasteiger partial charge on any atom is 0.124 e. The van der Waals surface area contributed by atoms with Gasteiger partial charge in [-0.1, -0.05) is 11.6 Å². The van der Waals surface area contributed by atoms with E-state index in [4.69, 9.17) is 16.7 Å². The largest absolute Gasteiger partial charge is 0.274 e. The first-order chi connectivity index (χ1) is 4.74. The zero-order valence-corrected chi connectivity index (χ0v) is 6.55. The Labute approximate surface area is 67.5 Å². The fourth-order valence-electron chi connectivity index (χ4n) is 0.571. The van der Waals surface area contributed by atoms with Gasteiger partial charge >= 0.3 is 0 Å². The summed E-state index contributed by atoms with van der Waals surface area (Å²) in [6.07, 6.45) is 0. The van der Waals surface area contributed by atoms with Gasteiger partial charge in [0.05, 0.1) is 5.02 Å². The van der Waals surface area contributed by atoms with Crippen LogP contribution in [0.1, 0.15) is 0 Å². The molecule has 0 atom stereocenters. The van der Waals surface area contributed by atoms with Crippen LogP contribution in [-0.4, -0.2) is 0 Å². The Balaban J connectivity index is 3.07. The van der Waals surface area contributed by atoms with Crippen molar-refractivity contribution in [1.82, 2.24) is 0 Å². The minimum absolute atomic E-state index is 0.345. The fourth-order valence-corrected chi connectivity index (χ4v) is 1.19. The monoisotopic (exact) mass is 177 g/mol. The number of hydrogen-bond acceptors (Lipinski definition) is 2. The van der Waals surface area contributed by atoms with Crippen LogP contribution in [-0.2, 0) is 0 Å². The van der Waals surface area contributed by atoms with Crippen LogP contribution in [0.4, 0.5) is 4.39 Å². The minimum Gasteiger partial charge on any atom is -0.274 e. The number of benzene rings is 1. The first-order valence-electron chi connectivity index (χ1n) is 2.56. The van der Waals surface area contributed by atoms with Crippen LogP contribution in [0.3, 0.4) is 0 Å². The third-order valence-electron chi connectivity index (χ3n) is 1.02. The molecule has 0 aliphatic rings. The van der Waals surface area contributed by atoms with Crippen LogP contribution < -0.4 is 5.14 Å². The second kappa shape index (κ2) is 3.23. The van der Waals surface area contributed by atoms with Gasteiger partial charge in [-0.15, -0.1) is 0 Å². The zero-order chi connectivity index (χ0) is 7.56. The molecule has 0 amide bonds. The average molecular weight is 178 g/mol. The molecule has 1 aromatic carbocycles. The van der Waals surface area contributed by atoms with Crippen LogP contribution in [0.15, 0.2) is 23.1 Å². The minimum atomic E-state index is -0.345. The first kappa shape index (κ1) is 7.85. The van der Waals surface area contributed by atoms with E-state index in [1.54, 1.807) is 6.07 Å². The molecule has 0 saturated carbocycles. The number of nitrogens with two attached hydrogens (primary N) is 1. The standard InChI is InChI=1S/C6H5ClFNS/c7-5-3-4(8)1-2-6(5)10-9/h1-3H,9H2. The molecule has 0 aliphatic carbocycles. The lowest BCUT2D eigenvalue weighted by molar-refractivity contribution is 0.626. The van der Waals surface area contributed by atoms with Crippen molar-refractivity contribution in [2.75, 3.05) is 0 Å². The summed E-state index contributed by atoms with van der Waals surface area (Å²) in [7, 11) is 0. The van der Waals surface area contributed by atoms with E-state index in [9.17, 15) is 4.39 Å². The van der Waals surface area contributed by atoms with Gasteiger partial charge in [0.2, 0.25) is 0 Å². The molecule has 2 N–H and O–H groups in total. The molecule has 0 heterocycles. The topological polar surface area (TPSA) is 26.0 Å². The van der Waals surface area contributed by atoms with Crippen LogP contribution in [0.2, 0.25) is 5.02 Å². The summed E-state index contributed by atoms with van der Waals surface area (Å²) in [4.78, 5) is 0.683. The molecule has 1 nitrogen and oxygen atoms in total. The Morgan fingerprint density at radius 3 is 2.70 bits per heavy atom. The zero-order valence-electron chi connectivity index (χ0n) is 4.97. The highest BCUT2D eigenvalue weighted by Gasteiger charge is 1.98. The van der Waals surface area contributed by atoms with E-state index in [1.165, 1.54) is 12.1 Å². The number of rotatable bonds is 1. The van der Waals surface area contributed by atoms with Gasteiger partial charge in [-0.3, -0.25) is 5.14 Å². The van der Waals surface area contributed by atoms with E-state index >= 15 is 0 Å². The molecular weight excluding hydrogens is 173 g/mol. The summed E-state index contributed by atoms with van der Waals surface area (Å²) < 4.78 is 12.3. The molecule has 4 heteroatoms. The van der Waals surface area contributed by atoms with Crippen molar-refractivity contribution in [3.8, 4) is 0 Å². The predicted molar refractivity (Wildman–Crippen MR) is 41.5 cm³/mol. The fraction of sp³-hybridized carbons (Fsp3) is 0. The van der Waals surface area contributed by atoms with E-state index in [-0.39, 0.29) is 5.82 Å². The summed E-state index contributed by atoms with van der Waals surface area (Å²) in [5, 5.41) is 5.56. The molecule has 0 aromatic heterocycles. The Bertz CT molecular complexity index is 241. The smallest absolute Gasteiger partial charge is 0.124 e. The van der Waals surface area contributed by atoms with E-state index in [0.717, 1.165) is 11.9 Å². The van der Waals surface area contributed by atoms with Crippen molar-refractivity contribution in [3.05, 3.63) is 29.0 Å². The summed E-state index contributed by atoms with van der Waals surface area (Å²) >= 11 is 6.59. The highest BCUT2D eigenvalue weighted by molar-refractivity contribution is 7.97. The van der Waals surface area contributed by atoms with Crippen LogP contribution in [0.5, 0.6) is 0 Å². The molecule has 0 saturated heterocycles. The molecule has 0 unspecified atom stereocenters. The predicted octanol–water partition coefficient (Wildman–Crippen LogP) is 2.44. The molecule has 54 valence electrons. The van der Waals surface area contributed by atoms with E-state index in [1.807, 2.05) is 0 Å². The molecule has 0 aliphatic heterocycles. The maximum absolute atomic E-state index is 12.3. The lowest BCUT2D eigenvalue weighted by Crippen LogP contribution is -1.81. The van der Waals surface area contributed by atoms with Crippen molar-refractivity contribution < 1.29 is 4.39 Å². The third kappa shape index (κ3) is 1.62. The van der Waals surface area contributed by atoms with Gasteiger partial charge in [-0.05, 0) is 30.1 Å². The van der Waals surface area contributed by atoms with Gasteiger partial charge < -0.3 is 0 Å². The molecule has 1 aromatic rings. The summed E-state index contributed by atoms with van der Waals surface area (Å²) in [5.74, 6) is -0.345. The molecule has 1 rings (SSSR count). The van der Waals surface area contributed by atoms with Crippen LogP contribution >= 0.6 is 23.5 Å². The number of halogens is 2. The van der Waals surface area contributed by atoms with Gasteiger partial charge in [0, 0.05) is 4.90 Å². The highest BCUT2D eigenvalue weighted by Crippen LogP contribution is 2.23. The van der Waals surface area contributed by atoms with E-state index < -0.39 is 0 Å². The van der Waals surface area contributed by atoms with Gasteiger partial charge in [0.1, 0.15) is 5.82 Å². The van der Waals surface area contributed by atoms with Crippen molar-refractivity contribution >= 4 is 23.5 Å². The molecule has 0 fully saturated rings. The lowest BCUT2D eigenvalue weighted by Gasteiger charge is -1.97. The average Bonchev–Trinajstić information content (AvgIpc) is 1.88. The van der Waals surface area contributed by atoms with Crippen molar-refractivity contribution in [3.63, 3.8) is 0 Å². The van der Waals surface area contributed by atoms with Gasteiger partial charge in [0.25, 0.3) is 0 Å². The molecule has 0 spiro atoms. The van der Waals surface area contributed by atoms with Gasteiger partial charge in [-0.2, -0.15) is 0 Å². The SMILES string of the molecule is NSc1ccc(F)cc1Cl. The van der Waals surface area contributed by atoms with Crippen LogP contribution in [0.25, 0.3) is 0 Å². The molecule has 0 bridgehead atoms. The van der Waals surface area contributed by atoms with E-state index in [2.05, 4.69) is 0 Å². The maximum atomic E-state index is 12.3. The third-order valence-corrected chi connectivity index (χ3v) is 2.06. The summed E-state index contributed by atoms with van der Waals surface area (Å²) in [6, 6.07) is 4.10. The first-order valence-corrected chi connectivity index (χ1v) is 3.81. The lowest BCUT2D eigenvalue weighted by atomic mass is 10.3. The molecule has 0 radical (unpaired) electrons. The van der Waals surface area contributed by atoms with Crippen LogP contribution in [0, 0.1) is 5.82 Å². The van der Waals surface area contributed by atoms with Gasteiger partial charge in [-0.25, -0.2) is 4.39 Å². The van der Waals surface area contributed by atoms with Gasteiger partial charge in [0.15, 0.2) is 0 Å². The van der Waals surface area contributed by atoms with Crippen molar-refractivity contribution in [2.45, 2.75) is 4.90 Å². The van der Waals surface area contributed by atoms with E-state index in [0.29, 0.717) is 9.92 Å². The van der Waals surface area contributed by atoms with Crippen molar-refractivity contribution in [2.24, 2.45) is 5.14 Å². The molecule has 10 heavy (non-hydrogen) atoms. The normalized spacial score (nSPS) is 9.90. The Hall–Kier alpha value is -0.250. The number of hydrogen-bond donors (Lipinski definition) is 1. The quantitative estimate of drug-likeness (QED) is 0.667. The summed E-state index contributed by atoms with van der Waals surface area (Å²) in [6.45, 7) is 0. The highest BCUT2D eigenvalue weighted by atomic mass is 35.5. The summed E-state index contributed by atoms with van der Waals surface area (Å²) in [5.41, 5.74) is 0. The second-order valence-electron chi connectivity index (χ2n) is 1.69. The Morgan fingerprint density at radius 2 is 2.20 bits per heavy atom. The van der Waals surface area contributed by atoms with Crippen molar-refractivity contribution in [1.29, 1.82) is 0 Å². The second-order valence-corrected chi connectivity index (χ2v) is 2.78. The molecular formula is C6H5ClFNS.